The van der Waals surface area contributed by atoms with Crippen LogP contribution in [-0.4, -0.2) is 22.9 Å². The van der Waals surface area contributed by atoms with Gasteiger partial charge in [-0.25, -0.2) is 0 Å². The maximum Gasteiger partial charge on any atom is 0.0793 e. The van der Waals surface area contributed by atoms with Crippen LogP contribution in [0.5, 0.6) is 0 Å². The summed E-state index contributed by atoms with van der Waals surface area (Å²) in [5, 5.41) is 0.406. The van der Waals surface area contributed by atoms with Gasteiger partial charge in [0.05, 0.1) is 12.7 Å². The maximum absolute atomic E-state index is 5.80. The topological polar surface area (TPSA) is 9.23 Å². The smallest absolute Gasteiger partial charge is 0.0793 e. The van der Waals surface area contributed by atoms with Crippen molar-refractivity contribution in [1.29, 1.82) is 0 Å². The zero-order chi connectivity index (χ0) is 9.80. The van der Waals surface area contributed by atoms with E-state index in [1.54, 1.807) is 0 Å². The van der Waals surface area contributed by atoms with Crippen LogP contribution in [0, 0.1) is 0 Å². The van der Waals surface area contributed by atoms with Crippen molar-refractivity contribution in [1.82, 2.24) is 0 Å². The number of thiol groups is 1. The minimum Gasteiger partial charge on any atom is -0.372 e. The van der Waals surface area contributed by atoms with Crippen molar-refractivity contribution in [2.24, 2.45) is 0 Å². The van der Waals surface area contributed by atoms with Crippen LogP contribution in [0.1, 0.15) is 5.56 Å². The zero-order valence-electron chi connectivity index (χ0n) is 7.93. The van der Waals surface area contributed by atoms with Gasteiger partial charge >= 0.3 is 0 Å². The van der Waals surface area contributed by atoms with Gasteiger partial charge < -0.3 is 4.74 Å². The highest BCUT2D eigenvalue weighted by Gasteiger charge is 2.25. The lowest BCUT2D eigenvalue weighted by molar-refractivity contribution is 0.0620. The third kappa shape index (κ3) is 2.69. The number of benzene rings is 1. The molecule has 1 aliphatic heterocycles. The summed E-state index contributed by atoms with van der Waals surface area (Å²) < 4.78 is 5.80. The molecule has 1 fully saturated rings. The van der Waals surface area contributed by atoms with Crippen LogP contribution in [0.4, 0.5) is 0 Å². The van der Waals surface area contributed by atoms with Gasteiger partial charge in [0, 0.05) is 16.8 Å². The van der Waals surface area contributed by atoms with Crippen LogP contribution in [0.2, 0.25) is 0 Å². The Morgan fingerprint density at radius 1 is 1.29 bits per heavy atom. The third-order valence-corrected chi connectivity index (χ3v) is 4.23. The first-order chi connectivity index (χ1) is 6.86. The fraction of sp³-hybridized carbons (Fsp3) is 0.455. The first-order valence-corrected chi connectivity index (χ1v) is 6.45. The Morgan fingerprint density at radius 3 is 2.71 bits per heavy atom. The maximum atomic E-state index is 5.80. The first kappa shape index (κ1) is 10.4. The van der Waals surface area contributed by atoms with Gasteiger partial charge in [-0.1, -0.05) is 30.3 Å². The normalized spacial score (nSPS) is 26.6. The molecule has 0 bridgehead atoms. The molecule has 1 saturated heterocycles. The fourth-order valence-corrected chi connectivity index (χ4v) is 3.26. The molecular weight excluding hydrogens is 212 g/mol. The molecule has 76 valence electrons. The van der Waals surface area contributed by atoms with E-state index in [4.69, 9.17) is 4.74 Å². The van der Waals surface area contributed by atoms with Gasteiger partial charge in [-0.05, 0) is 5.56 Å². The Labute approximate surface area is 94.6 Å². The second-order valence-corrected chi connectivity index (χ2v) is 5.18. The molecule has 14 heavy (non-hydrogen) atoms. The van der Waals surface area contributed by atoms with E-state index < -0.39 is 0 Å². The molecule has 2 rings (SSSR count). The van der Waals surface area contributed by atoms with E-state index in [-0.39, 0.29) is 0 Å². The Kier molecular flexibility index (Phi) is 3.79. The predicted molar refractivity (Wildman–Crippen MR) is 65.1 cm³/mol. The lowest BCUT2D eigenvalue weighted by Gasteiger charge is -2.14. The number of ether oxygens (including phenoxy) is 1. The SMILES string of the molecule is SC1CSCC1OCc1ccccc1. The van der Waals surface area contributed by atoms with Gasteiger partial charge in [0.1, 0.15) is 0 Å². The quantitative estimate of drug-likeness (QED) is 0.793. The predicted octanol–water partition coefficient (Wildman–Crippen LogP) is 2.62. The van der Waals surface area contributed by atoms with Crippen LogP contribution >= 0.6 is 24.4 Å². The molecule has 0 aliphatic carbocycles. The molecule has 3 heteroatoms. The van der Waals surface area contributed by atoms with Crippen LogP contribution in [0.15, 0.2) is 30.3 Å². The minimum absolute atomic E-state index is 0.323. The molecule has 1 aromatic rings. The second kappa shape index (κ2) is 5.10. The van der Waals surface area contributed by atoms with Crippen molar-refractivity contribution >= 4 is 24.4 Å². The van der Waals surface area contributed by atoms with Gasteiger partial charge in [0.2, 0.25) is 0 Å². The second-order valence-electron chi connectivity index (χ2n) is 3.44. The van der Waals surface area contributed by atoms with Gasteiger partial charge in [-0.15, -0.1) is 0 Å². The van der Waals surface area contributed by atoms with Gasteiger partial charge in [0.15, 0.2) is 0 Å². The van der Waals surface area contributed by atoms with Crippen molar-refractivity contribution in [2.75, 3.05) is 11.5 Å². The van der Waals surface area contributed by atoms with E-state index in [1.807, 2.05) is 30.0 Å². The summed E-state index contributed by atoms with van der Waals surface area (Å²) in [6.07, 6.45) is 0.323. The van der Waals surface area contributed by atoms with Crippen LogP contribution in [-0.2, 0) is 11.3 Å². The van der Waals surface area contributed by atoms with Crippen molar-refractivity contribution in [3.8, 4) is 0 Å². The molecule has 1 aliphatic rings. The highest BCUT2D eigenvalue weighted by Crippen LogP contribution is 2.25. The number of hydrogen-bond acceptors (Lipinski definition) is 3. The molecular formula is C11H14OS2. The highest BCUT2D eigenvalue weighted by atomic mass is 32.2. The number of hydrogen-bond donors (Lipinski definition) is 1. The average Bonchev–Trinajstić information content (AvgIpc) is 2.63. The van der Waals surface area contributed by atoms with E-state index in [0.717, 1.165) is 11.5 Å². The molecule has 0 saturated carbocycles. The highest BCUT2D eigenvalue weighted by molar-refractivity contribution is 8.00. The third-order valence-electron chi connectivity index (χ3n) is 2.31. The minimum atomic E-state index is 0.323. The summed E-state index contributed by atoms with van der Waals surface area (Å²) in [5.74, 6) is 2.20. The molecule has 1 heterocycles. The van der Waals surface area contributed by atoms with E-state index in [2.05, 4.69) is 24.8 Å². The lowest BCUT2D eigenvalue weighted by atomic mass is 10.2. The monoisotopic (exact) mass is 226 g/mol. The average molecular weight is 226 g/mol. The van der Waals surface area contributed by atoms with E-state index in [1.165, 1.54) is 5.56 Å². The Balaban J connectivity index is 1.82. The summed E-state index contributed by atoms with van der Waals surface area (Å²) in [6, 6.07) is 10.3. The summed E-state index contributed by atoms with van der Waals surface area (Å²) in [6.45, 7) is 0.711. The van der Waals surface area contributed by atoms with Crippen molar-refractivity contribution < 1.29 is 4.74 Å². The largest absolute Gasteiger partial charge is 0.372 e. The van der Waals surface area contributed by atoms with Crippen molar-refractivity contribution in [3.05, 3.63) is 35.9 Å². The summed E-state index contributed by atoms with van der Waals surface area (Å²) in [5.41, 5.74) is 1.24. The summed E-state index contributed by atoms with van der Waals surface area (Å²) in [4.78, 5) is 0. The zero-order valence-corrected chi connectivity index (χ0v) is 9.64. The first-order valence-electron chi connectivity index (χ1n) is 4.77. The van der Waals surface area contributed by atoms with Crippen LogP contribution in [0.3, 0.4) is 0 Å². The molecule has 2 unspecified atom stereocenters. The van der Waals surface area contributed by atoms with Gasteiger partial charge in [-0.3, -0.25) is 0 Å². The summed E-state index contributed by atoms with van der Waals surface area (Å²) in [7, 11) is 0. The Hall–Kier alpha value is -0.120. The standard InChI is InChI=1S/C11H14OS2/c13-11-8-14-7-10(11)12-6-9-4-2-1-3-5-9/h1-5,10-11,13H,6-8H2. The van der Waals surface area contributed by atoms with Gasteiger partial charge in [0.25, 0.3) is 0 Å². The van der Waals surface area contributed by atoms with Crippen molar-refractivity contribution in [3.63, 3.8) is 0 Å². The lowest BCUT2D eigenvalue weighted by Crippen LogP contribution is -2.22. The molecule has 0 aromatic heterocycles. The van der Waals surface area contributed by atoms with E-state index >= 15 is 0 Å². The van der Waals surface area contributed by atoms with E-state index in [0.29, 0.717) is 18.0 Å². The fourth-order valence-electron chi connectivity index (χ4n) is 1.46. The van der Waals surface area contributed by atoms with Crippen LogP contribution in [0.25, 0.3) is 0 Å². The number of rotatable bonds is 3. The van der Waals surface area contributed by atoms with E-state index in [9.17, 15) is 0 Å². The Morgan fingerprint density at radius 2 is 2.07 bits per heavy atom. The molecule has 0 amide bonds. The Bertz CT molecular complexity index is 276. The molecule has 0 N–H and O–H groups in total. The summed E-state index contributed by atoms with van der Waals surface area (Å²) >= 11 is 6.41. The van der Waals surface area contributed by atoms with Crippen molar-refractivity contribution in [2.45, 2.75) is 18.0 Å². The molecule has 2 atom stereocenters. The molecule has 1 aromatic carbocycles. The number of thioether (sulfide) groups is 1. The molecule has 0 radical (unpaired) electrons. The molecule has 1 nitrogen and oxygen atoms in total. The molecule has 0 spiro atoms. The van der Waals surface area contributed by atoms with Crippen LogP contribution < -0.4 is 0 Å². The van der Waals surface area contributed by atoms with Gasteiger partial charge in [-0.2, -0.15) is 24.4 Å².